The minimum Gasteiger partial charge on any atom is -0.486 e. The number of nitrogens with one attached hydrogen (secondary N) is 1. The molecule has 3 heterocycles. The number of nitrogens with zero attached hydrogens (tertiary/aromatic N) is 4. The summed E-state index contributed by atoms with van der Waals surface area (Å²) >= 11 is 0. The molecular formula is C21H19N5O5. The molecule has 2 aromatic rings. The van der Waals surface area contributed by atoms with Crippen LogP contribution >= 0.6 is 0 Å². The Labute approximate surface area is 177 Å². The first-order chi connectivity index (χ1) is 15.0. The summed E-state index contributed by atoms with van der Waals surface area (Å²) in [6.07, 6.45) is 0. The molecule has 0 aromatic heterocycles. The van der Waals surface area contributed by atoms with Crippen LogP contribution < -0.4 is 19.7 Å². The van der Waals surface area contributed by atoms with Crippen LogP contribution in [0.1, 0.15) is 5.56 Å². The van der Waals surface area contributed by atoms with E-state index in [9.17, 15) is 14.4 Å². The molecule has 158 valence electrons. The minimum absolute atomic E-state index is 0.222. The van der Waals surface area contributed by atoms with Gasteiger partial charge in [0.1, 0.15) is 19.8 Å². The summed E-state index contributed by atoms with van der Waals surface area (Å²) in [5.41, 5.74) is 2.02. The lowest BCUT2D eigenvalue weighted by Crippen LogP contribution is -2.43. The summed E-state index contributed by atoms with van der Waals surface area (Å²) in [6.45, 7) is 2.62. The van der Waals surface area contributed by atoms with Gasteiger partial charge in [-0.15, -0.1) is 0 Å². The summed E-state index contributed by atoms with van der Waals surface area (Å²) in [4.78, 5) is 39.4. The first-order valence-corrected chi connectivity index (χ1v) is 9.83. The van der Waals surface area contributed by atoms with Gasteiger partial charge in [0.15, 0.2) is 23.6 Å². The van der Waals surface area contributed by atoms with E-state index in [2.05, 4.69) is 15.7 Å². The molecule has 10 nitrogen and oxygen atoms in total. The number of rotatable bonds is 4. The van der Waals surface area contributed by atoms with Gasteiger partial charge in [-0.1, -0.05) is 22.9 Å². The molecule has 10 heteroatoms. The fourth-order valence-electron chi connectivity index (χ4n) is 3.77. The highest BCUT2D eigenvalue weighted by Crippen LogP contribution is 2.33. The Hall–Kier alpha value is -3.95. The lowest BCUT2D eigenvalue weighted by molar-refractivity contribution is -0.123. The van der Waals surface area contributed by atoms with E-state index in [1.54, 1.807) is 30.3 Å². The molecule has 5 rings (SSSR count). The molecular weight excluding hydrogens is 402 g/mol. The molecule has 2 aromatic carbocycles. The number of hydrogen-bond donors (Lipinski definition) is 1. The van der Waals surface area contributed by atoms with Gasteiger partial charge in [0.25, 0.3) is 11.8 Å². The Balaban J connectivity index is 1.28. The van der Waals surface area contributed by atoms with Gasteiger partial charge in [-0.05, 0) is 31.2 Å². The van der Waals surface area contributed by atoms with E-state index in [1.807, 2.05) is 19.1 Å². The maximum Gasteiger partial charge on any atom is 0.263 e. The van der Waals surface area contributed by atoms with E-state index in [-0.39, 0.29) is 6.54 Å². The van der Waals surface area contributed by atoms with E-state index >= 15 is 0 Å². The van der Waals surface area contributed by atoms with Gasteiger partial charge in [0.2, 0.25) is 5.91 Å². The summed E-state index contributed by atoms with van der Waals surface area (Å²) in [6, 6.07) is 10.3. The lowest BCUT2D eigenvalue weighted by atomic mass is 10.1. The second-order valence-corrected chi connectivity index (χ2v) is 7.45. The first-order valence-electron chi connectivity index (χ1n) is 9.83. The molecule has 0 saturated carbocycles. The molecule has 1 fully saturated rings. The summed E-state index contributed by atoms with van der Waals surface area (Å²) < 4.78 is 11.0. The standard InChI is InChI=1S/C21H19N5O5/c1-12-2-5-14(6-3-12)26-20(28)18-19(21(26)29)25(24-23-18)11-17(27)22-13-4-7-15-16(10-13)31-9-8-30-15/h2-7,10,18-19H,8-9,11H2,1H3,(H,22,27). The van der Waals surface area contributed by atoms with Crippen molar-refractivity contribution in [2.45, 2.75) is 19.0 Å². The van der Waals surface area contributed by atoms with E-state index < -0.39 is 29.8 Å². The number of carbonyl (C=O) groups excluding carboxylic acids is 3. The van der Waals surface area contributed by atoms with Crippen molar-refractivity contribution in [1.82, 2.24) is 5.01 Å². The highest BCUT2D eigenvalue weighted by Gasteiger charge is 2.55. The fourth-order valence-corrected chi connectivity index (χ4v) is 3.77. The Kier molecular flexibility index (Phi) is 4.54. The summed E-state index contributed by atoms with van der Waals surface area (Å²) in [7, 11) is 0. The molecule has 1 N–H and O–H groups in total. The molecule has 3 amide bonds. The molecule has 0 aliphatic carbocycles. The van der Waals surface area contributed by atoms with Gasteiger partial charge >= 0.3 is 0 Å². The third-order valence-electron chi connectivity index (χ3n) is 5.28. The SMILES string of the molecule is Cc1ccc(N2C(=O)C3N=NN(CC(=O)Nc4ccc5c(c4)OCCO5)C3C2=O)cc1. The molecule has 1 saturated heterocycles. The average molecular weight is 421 g/mol. The third-order valence-corrected chi connectivity index (χ3v) is 5.28. The molecule has 2 unspecified atom stereocenters. The van der Waals surface area contributed by atoms with Crippen LogP contribution in [0, 0.1) is 6.92 Å². The zero-order chi connectivity index (χ0) is 21.5. The lowest BCUT2D eigenvalue weighted by Gasteiger charge is -2.21. The summed E-state index contributed by atoms with van der Waals surface area (Å²) in [5, 5.41) is 11.8. The smallest absolute Gasteiger partial charge is 0.263 e. The Morgan fingerprint density at radius 3 is 2.58 bits per heavy atom. The van der Waals surface area contributed by atoms with Crippen LogP contribution in [0.15, 0.2) is 52.8 Å². The van der Waals surface area contributed by atoms with Gasteiger partial charge in [-0.2, -0.15) is 5.11 Å². The van der Waals surface area contributed by atoms with Crippen molar-refractivity contribution in [3.8, 4) is 11.5 Å². The zero-order valence-corrected chi connectivity index (χ0v) is 16.6. The fraction of sp³-hybridized carbons (Fsp3) is 0.286. The number of fused-ring (bicyclic) bond motifs is 2. The van der Waals surface area contributed by atoms with Crippen LogP contribution in [0.4, 0.5) is 11.4 Å². The van der Waals surface area contributed by atoms with Gasteiger partial charge in [-0.3, -0.25) is 19.4 Å². The van der Waals surface area contributed by atoms with Crippen LogP contribution in [0.25, 0.3) is 0 Å². The van der Waals surface area contributed by atoms with Crippen molar-refractivity contribution in [3.05, 3.63) is 48.0 Å². The quantitative estimate of drug-likeness (QED) is 0.752. The van der Waals surface area contributed by atoms with Gasteiger partial charge < -0.3 is 14.8 Å². The molecule has 3 aliphatic rings. The highest BCUT2D eigenvalue weighted by atomic mass is 16.6. The second-order valence-electron chi connectivity index (χ2n) is 7.45. The number of benzene rings is 2. The second kappa shape index (κ2) is 7.38. The largest absolute Gasteiger partial charge is 0.486 e. The van der Waals surface area contributed by atoms with Gasteiger partial charge in [0, 0.05) is 11.8 Å². The van der Waals surface area contributed by atoms with Crippen LogP contribution in [0.5, 0.6) is 11.5 Å². The van der Waals surface area contributed by atoms with Crippen molar-refractivity contribution in [3.63, 3.8) is 0 Å². The predicted octanol–water partition coefficient (Wildman–Crippen LogP) is 1.70. The molecule has 0 radical (unpaired) electrons. The number of ether oxygens (including phenoxy) is 2. The molecule has 0 bridgehead atoms. The van der Waals surface area contributed by atoms with Crippen LogP contribution in [0.2, 0.25) is 0 Å². The minimum atomic E-state index is -0.948. The molecule has 31 heavy (non-hydrogen) atoms. The van der Waals surface area contributed by atoms with E-state index in [1.165, 1.54) is 5.01 Å². The first kappa shape index (κ1) is 19.0. The normalized spacial score (nSPS) is 21.5. The highest BCUT2D eigenvalue weighted by molar-refractivity contribution is 6.25. The predicted molar refractivity (Wildman–Crippen MR) is 109 cm³/mol. The van der Waals surface area contributed by atoms with Crippen molar-refractivity contribution in [2.75, 3.05) is 30.0 Å². The Morgan fingerprint density at radius 1 is 1.06 bits per heavy atom. The maximum atomic E-state index is 13.0. The average Bonchev–Trinajstić information content (AvgIpc) is 3.28. The number of hydrogen-bond acceptors (Lipinski definition) is 8. The van der Waals surface area contributed by atoms with Gasteiger partial charge in [-0.25, -0.2) is 4.90 Å². The van der Waals surface area contributed by atoms with Crippen molar-refractivity contribution >= 4 is 29.1 Å². The Morgan fingerprint density at radius 2 is 1.81 bits per heavy atom. The molecule has 3 aliphatic heterocycles. The number of carbonyl (C=O) groups is 3. The third kappa shape index (κ3) is 3.35. The number of anilines is 2. The van der Waals surface area contributed by atoms with Crippen molar-refractivity contribution in [1.29, 1.82) is 0 Å². The maximum absolute atomic E-state index is 13.0. The van der Waals surface area contributed by atoms with Crippen LogP contribution in [0.3, 0.4) is 0 Å². The van der Waals surface area contributed by atoms with E-state index in [0.717, 1.165) is 10.5 Å². The van der Waals surface area contributed by atoms with E-state index in [4.69, 9.17) is 9.47 Å². The monoisotopic (exact) mass is 421 g/mol. The number of amides is 3. The summed E-state index contributed by atoms with van der Waals surface area (Å²) in [5.74, 6) is -0.124. The molecule has 0 spiro atoms. The Bertz CT molecular complexity index is 1100. The van der Waals surface area contributed by atoms with Gasteiger partial charge in [0.05, 0.1) is 5.69 Å². The van der Waals surface area contributed by atoms with Crippen molar-refractivity contribution < 1.29 is 23.9 Å². The van der Waals surface area contributed by atoms with Crippen LogP contribution in [-0.2, 0) is 14.4 Å². The zero-order valence-electron chi connectivity index (χ0n) is 16.6. The van der Waals surface area contributed by atoms with E-state index in [0.29, 0.717) is 36.1 Å². The van der Waals surface area contributed by atoms with Crippen molar-refractivity contribution in [2.24, 2.45) is 10.3 Å². The number of aryl methyl sites for hydroxylation is 1. The topological polar surface area (TPSA) is 113 Å². The molecule has 2 atom stereocenters. The van der Waals surface area contributed by atoms with Crippen LogP contribution in [-0.4, -0.2) is 54.6 Å². The number of imide groups is 1.